The predicted molar refractivity (Wildman–Crippen MR) is 40.3 cm³/mol. The Balaban J connectivity index is 3.17. The standard InChI is InChI=1S/C5H3NOS2/c7-5-4-3(6-9-5)1-2-8-4/h1-2,6H. The minimum atomic E-state index is 0.139. The highest BCUT2D eigenvalue weighted by atomic mass is 32.1. The molecular formula is C5H3NOS2. The molecule has 46 valence electrons. The summed E-state index contributed by atoms with van der Waals surface area (Å²) in [4.78, 5) is 10.8. The van der Waals surface area contributed by atoms with Gasteiger partial charge in [0.25, 0.3) is 4.74 Å². The molecule has 0 aliphatic rings. The lowest BCUT2D eigenvalue weighted by Crippen LogP contribution is -1.81. The maximum Gasteiger partial charge on any atom is 0.267 e. The van der Waals surface area contributed by atoms with Gasteiger partial charge < -0.3 is 4.37 Å². The Kier molecular flexibility index (Phi) is 0.972. The maximum atomic E-state index is 10.8. The van der Waals surface area contributed by atoms with Gasteiger partial charge >= 0.3 is 0 Å². The fraction of sp³-hybridized carbons (Fsp3) is 0. The van der Waals surface area contributed by atoms with Crippen molar-refractivity contribution in [2.24, 2.45) is 0 Å². The van der Waals surface area contributed by atoms with Crippen LogP contribution in [0.1, 0.15) is 0 Å². The molecule has 9 heavy (non-hydrogen) atoms. The van der Waals surface area contributed by atoms with Gasteiger partial charge in [0, 0.05) is 0 Å². The number of thiophene rings is 1. The largest absolute Gasteiger partial charge is 0.307 e. The third kappa shape index (κ3) is 0.635. The molecule has 2 aromatic heterocycles. The number of hydrogen-bond donors (Lipinski definition) is 1. The van der Waals surface area contributed by atoms with Crippen molar-refractivity contribution < 1.29 is 0 Å². The van der Waals surface area contributed by atoms with Gasteiger partial charge in [0.05, 0.1) is 5.52 Å². The topological polar surface area (TPSA) is 32.9 Å². The molecule has 2 rings (SSSR count). The third-order valence-electron chi connectivity index (χ3n) is 1.10. The third-order valence-corrected chi connectivity index (χ3v) is 2.86. The van der Waals surface area contributed by atoms with Crippen molar-refractivity contribution in [1.82, 2.24) is 4.37 Å². The van der Waals surface area contributed by atoms with Crippen molar-refractivity contribution in [2.45, 2.75) is 0 Å². The lowest BCUT2D eigenvalue weighted by atomic mass is 10.5. The van der Waals surface area contributed by atoms with Gasteiger partial charge in [-0.3, -0.25) is 4.79 Å². The molecule has 1 N–H and O–H groups in total. The van der Waals surface area contributed by atoms with Crippen molar-refractivity contribution in [1.29, 1.82) is 0 Å². The summed E-state index contributed by atoms with van der Waals surface area (Å²) >= 11 is 2.64. The fourth-order valence-electron chi connectivity index (χ4n) is 0.695. The zero-order chi connectivity index (χ0) is 6.27. The lowest BCUT2D eigenvalue weighted by Gasteiger charge is -1.63. The van der Waals surface area contributed by atoms with Gasteiger partial charge in [-0.15, -0.1) is 11.3 Å². The Morgan fingerprint density at radius 3 is 3.22 bits per heavy atom. The molecule has 0 unspecified atom stereocenters. The van der Waals surface area contributed by atoms with E-state index in [1.54, 1.807) is 0 Å². The molecule has 0 bridgehead atoms. The van der Waals surface area contributed by atoms with Crippen LogP contribution in [0.4, 0.5) is 0 Å². The molecule has 0 radical (unpaired) electrons. The van der Waals surface area contributed by atoms with E-state index in [4.69, 9.17) is 0 Å². The van der Waals surface area contributed by atoms with E-state index in [1.165, 1.54) is 11.3 Å². The van der Waals surface area contributed by atoms with E-state index in [0.29, 0.717) is 0 Å². The van der Waals surface area contributed by atoms with Crippen LogP contribution in [0, 0.1) is 0 Å². The Morgan fingerprint density at radius 2 is 2.44 bits per heavy atom. The van der Waals surface area contributed by atoms with Crippen LogP contribution in [0.5, 0.6) is 0 Å². The number of aromatic nitrogens is 1. The van der Waals surface area contributed by atoms with Gasteiger partial charge in [-0.25, -0.2) is 0 Å². The average Bonchev–Trinajstić information content (AvgIpc) is 2.35. The molecule has 2 nitrogen and oxygen atoms in total. The summed E-state index contributed by atoms with van der Waals surface area (Å²) in [5, 5.41) is 1.91. The summed E-state index contributed by atoms with van der Waals surface area (Å²) in [6.45, 7) is 0. The quantitative estimate of drug-likeness (QED) is 0.619. The minimum Gasteiger partial charge on any atom is -0.307 e. The van der Waals surface area contributed by atoms with E-state index in [2.05, 4.69) is 4.37 Å². The summed E-state index contributed by atoms with van der Waals surface area (Å²) in [7, 11) is 0. The highest BCUT2D eigenvalue weighted by molar-refractivity contribution is 7.19. The van der Waals surface area contributed by atoms with Crippen LogP contribution in [0.3, 0.4) is 0 Å². The highest BCUT2D eigenvalue weighted by Crippen LogP contribution is 2.15. The Bertz CT molecular complexity index is 369. The number of hydrogen-bond acceptors (Lipinski definition) is 3. The molecule has 0 fully saturated rings. The zero-order valence-corrected chi connectivity index (χ0v) is 6.01. The summed E-state index contributed by atoms with van der Waals surface area (Å²) in [5.41, 5.74) is 0.968. The first kappa shape index (κ1) is 5.20. The van der Waals surface area contributed by atoms with E-state index >= 15 is 0 Å². The highest BCUT2D eigenvalue weighted by Gasteiger charge is 1.99. The maximum absolute atomic E-state index is 10.8. The second-order valence-electron chi connectivity index (χ2n) is 1.65. The summed E-state index contributed by atoms with van der Waals surface area (Å²) in [5.74, 6) is 0. The van der Waals surface area contributed by atoms with E-state index in [-0.39, 0.29) is 4.74 Å². The molecule has 0 saturated heterocycles. The number of aromatic amines is 1. The van der Waals surface area contributed by atoms with Crippen molar-refractivity contribution >= 4 is 33.1 Å². The SMILES string of the molecule is O=c1s[nH]c2ccsc12. The second-order valence-corrected chi connectivity index (χ2v) is 3.35. The molecule has 0 atom stereocenters. The summed E-state index contributed by atoms with van der Waals surface area (Å²) in [6, 6.07) is 1.91. The Labute approximate surface area is 58.9 Å². The molecule has 0 saturated carbocycles. The van der Waals surface area contributed by atoms with Gasteiger partial charge in [-0.1, -0.05) is 0 Å². The Hall–Kier alpha value is -0.610. The molecule has 0 amide bonds. The smallest absolute Gasteiger partial charge is 0.267 e. The van der Waals surface area contributed by atoms with Crippen molar-refractivity contribution in [3.05, 3.63) is 21.0 Å². The van der Waals surface area contributed by atoms with Gasteiger partial charge in [-0.2, -0.15) is 0 Å². The molecule has 0 aromatic carbocycles. The normalized spacial score (nSPS) is 10.7. The van der Waals surface area contributed by atoms with Gasteiger partial charge in [0.15, 0.2) is 0 Å². The van der Waals surface area contributed by atoms with Crippen LogP contribution >= 0.6 is 22.9 Å². The van der Waals surface area contributed by atoms with Crippen LogP contribution in [0.25, 0.3) is 10.2 Å². The average molecular weight is 157 g/mol. The van der Waals surface area contributed by atoms with E-state index in [1.807, 2.05) is 11.4 Å². The molecular weight excluding hydrogens is 154 g/mol. The number of H-pyrrole nitrogens is 1. The molecule has 4 heteroatoms. The van der Waals surface area contributed by atoms with E-state index in [9.17, 15) is 4.79 Å². The number of fused-ring (bicyclic) bond motifs is 1. The first-order valence-electron chi connectivity index (χ1n) is 2.42. The predicted octanol–water partition coefficient (Wildman–Crippen LogP) is 1.65. The van der Waals surface area contributed by atoms with E-state index in [0.717, 1.165) is 21.7 Å². The van der Waals surface area contributed by atoms with Crippen LogP contribution in [-0.4, -0.2) is 4.37 Å². The summed E-state index contributed by atoms with van der Waals surface area (Å²) in [6.07, 6.45) is 0. The fourth-order valence-corrected chi connectivity index (χ4v) is 2.29. The molecule has 2 aromatic rings. The van der Waals surface area contributed by atoms with Crippen molar-refractivity contribution in [2.75, 3.05) is 0 Å². The van der Waals surface area contributed by atoms with Gasteiger partial charge in [0.2, 0.25) is 0 Å². The van der Waals surface area contributed by atoms with E-state index < -0.39 is 0 Å². The monoisotopic (exact) mass is 157 g/mol. The van der Waals surface area contributed by atoms with Crippen LogP contribution in [-0.2, 0) is 0 Å². The van der Waals surface area contributed by atoms with Crippen LogP contribution in [0.2, 0.25) is 0 Å². The lowest BCUT2D eigenvalue weighted by molar-refractivity contribution is 1.71. The number of nitrogens with one attached hydrogen (secondary N) is 1. The van der Waals surface area contributed by atoms with Crippen LogP contribution in [0.15, 0.2) is 16.2 Å². The van der Waals surface area contributed by atoms with Gasteiger partial charge in [-0.05, 0) is 23.0 Å². The first-order valence-corrected chi connectivity index (χ1v) is 4.12. The molecule has 0 spiro atoms. The van der Waals surface area contributed by atoms with Crippen molar-refractivity contribution in [3.8, 4) is 0 Å². The number of rotatable bonds is 0. The minimum absolute atomic E-state index is 0.139. The molecule has 2 heterocycles. The molecule has 0 aliphatic heterocycles. The Morgan fingerprint density at radius 1 is 1.56 bits per heavy atom. The van der Waals surface area contributed by atoms with Crippen LogP contribution < -0.4 is 4.74 Å². The van der Waals surface area contributed by atoms with Crippen molar-refractivity contribution in [3.63, 3.8) is 0 Å². The first-order chi connectivity index (χ1) is 4.38. The summed E-state index contributed by atoms with van der Waals surface area (Å²) < 4.78 is 3.89. The zero-order valence-electron chi connectivity index (χ0n) is 4.38. The second kappa shape index (κ2) is 1.68. The van der Waals surface area contributed by atoms with Gasteiger partial charge in [0.1, 0.15) is 4.70 Å². The molecule has 0 aliphatic carbocycles.